The Kier molecular flexibility index (Phi) is 5.95. The first-order valence-electron chi connectivity index (χ1n) is 6.39. The fraction of sp³-hybridized carbons (Fsp3) is 0.571. The average Bonchev–Trinajstić information content (AvgIpc) is 2.31. The smallest absolute Gasteiger partial charge is 0.149 e. The van der Waals surface area contributed by atoms with Gasteiger partial charge in [0.1, 0.15) is 11.6 Å². The maximum atomic E-state index is 13.6. The molecule has 1 aromatic carbocycles. The van der Waals surface area contributed by atoms with Crippen molar-refractivity contribution in [2.24, 2.45) is 0 Å². The number of rotatable bonds is 7. The van der Waals surface area contributed by atoms with E-state index in [1.54, 1.807) is 0 Å². The molecule has 0 aliphatic heterocycles. The zero-order valence-corrected chi connectivity index (χ0v) is 10.7. The normalized spacial score (nSPS) is 10.6. The fourth-order valence-corrected chi connectivity index (χ4v) is 1.92. The standard InChI is InChI=1S/C14H21F2N/c1-3-5-6-7-10-17(4-2)14-9-8-12(15)11-13(14)16/h8-9,11H,3-7,10H2,1-2H3. The molecule has 0 saturated carbocycles. The molecule has 0 spiro atoms. The van der Waals surface area contributed by atoms with Crippen molar-refractivity contribution in [1.82, 2.24) is 0 Å². The topological polar surface area (TPSA) is 3.24 Å². The molecule has 1 rings (SSSR count). The molecule has 3 heteroatoms. The van der Waals surface area contributed by atoms with Crippen LogP contribution in [-0.2, 0) is 0 Å². The highest BCUT2D eigenvalue weighted by molar-refractivity contribution is 5.47. The minimum atomic E-state index is -0.520. The van der Waals surface area contributed by atoms with E-state index in [0.717, 1.165) is 32.0 Å². The third-order valence-electron chi connectivity index (χ3n) is 2.91. The monoisotopic (exact) mass is 241 g/mol. The first-order valence-corrected chi connectivity index (χ1v) is 6.39. The Morgan fingerprint density at radius 1 is 1.06 bits per heavy atom. The van der Waals surface area contributed by atoms with Gasteiger partial charge >= 0.3 is 0 Å². The second kappa shape index (κ2) is 7.25. The van der Waals surface area contributed by atoms with Gasteiger partial charge in [-0.15, -0.1) is 0 Å². The van der Waals surface area contributed by atoms with Crippen LogP contribution in [0.25, 0.3) is 0 Å². The molecule has 0 fully saturated rings. The maximum absolute atomic E-state index is 13.6. The van der Waals surface area contributed by atoms with Crippen LogP contribution in [0.1, 0.15) is 39.5 Å². The van der Waals surface area contributed by atoms with E-state index in [4.69, 9.17) is 0 Å². The Hall–Kier alpha value is -1.12. The molecular formula is C14H21F2N. The molecule has 0 aromatic heterocycles. The van der Waals surface area contributed by atoms with Gasteiger partial charge in [0.2, 0.25) is 0 Å². The van der Waals surface area contributed by atoms with E-state index in [1.807, 2.05) is 11.8 Å². The predicted molar refractivity (Wildman–Crippen MR) is 68.4 cm³/mol. The SMILES string of the molecule is CCCCCCN(CC)c1ccc(F)cc1F. The van der Waals surface area contributed by atoms with Gasteiger partial charge < -0.3 is 4.90 Å². The van der Waals surface area contributed by atoms with Crippen LogP contribution in [0, 0.1) is 11.6 Å². The first kappa shape index (κ1) is 13.9. The molecule has 0 bridgehead atoms. The summed E-state index contributed by atoms with van der Waals surface area (Å²) in [5, 5.41) is 0. The molecule has 0 unspecified atom stereocenters. The molecule has 0 amide bonds. The highest BCUT2D eigenvalue weighted by Crippen LogP contribution is 2.20. The molecule has 1 nitrogen and oxygen atoms in total. The number of halogens is 2. The summed E-state index contributed by atoms with van der Waals surface area (Å²) in [5.41, 5.74) is 0.505. The summed E-state index contributed by atoms with van der Waals surface area (Å²) in [6.07, 6.45) is 4.62. The number of hydrogen-bond donors (Lipinski definition) is 0. The van der Waals surface area contributed by atoms with Gasteiger partial charge in [-0.25, -0.2) is 8.78 Å². The molecule has 0 radical (unpaired) electrons. The Morgan fingerprint density at radius 3 is 2.41 bits per heavy atom. The average molecular weight is 241 g/mol. The quantitative estimate of drug-likeness (QED) is 0.641. The van der Waals surface area contributed by atoms with Crippen LogP contribution >= 0.6 is 0 Å². The molecule has 0 atom stereocenters. The summed E-state index contributed by atoms with van der Waals surface area (Å²) in [6.45, 7) is 5.73. The highest BCUT2D eigenvalue weighted by Gasteiger charge is 2.10. The fourth-order valence-electron chi connectivity index (χ4n) is 1.92. The first-order chi connectivity index (χ1) is 8.19. The van der Waals surface area contributed by atoms with Crippen molar-refractivity contribution in [2.75, 3.05) is 18.0 Å². The lowest BCUT2D eigenvalue weighted by molar-refractivity contribution is 0.574. The number of anilines is 1. The molecule has 0 aliphatic carbocycles. The lowest BCUT2D eigenvalue weighted by atomic mass is 10.2. The Bertz CT molecular complexity index is 339. The van der Waals surface area contributed by atoms with Crippen molar-refractivity contribution in [3.63, 3.8) is 0 Å². The van der Waals surface area contributed by atoms with Gasteiger partial charge in [-0.3, -0.25) is 0 Å². The molecule has 1 aromatic rings. The van der Waals surface area contributed by atoms with Gasteiger partial charge in [0.05, 0.1) is 5.69 Å². The molecule has 0 aliphatic rings. The summed E-state index contributed by atoms with van der Waals surface area (Å²) in [7, 11) is 0. The summed E-state index contributed by atoms with van der Waals surface area (Å²) < 4.78 is 26.4. The van der Waals surface area contributed by atoms with E-state index in [9.17, 15) is 8.78 Å². The van der Waals surface area contributed by atoms with Gasteiger partial charge in [-0.2, -0.15) is 0 Å². The molecule has 0 N–H and O–H groups in total. The van der Waals surface area contributed by atoms with E-state index in [-0.39, 0.29) is 0 Å². The molecular weight excluding hydrogens is 220 g/mol. The van der Waals surface area contributed by atoms with E-state index >= 15 is 0 Å². The zero-order chi connectivity index (χ0) is 12.7. The number of nitrogens with zero attached hydrogens (tertiary/aromatic N) is 1. The number of hydrogen-bond acceptors (Lipinski definition) is 1. The third kappa shape index (κ3) is 4.33. The number of benzene rings is 1. The van der Waals surface area contributed by atoms with Crippen molar-refractivity contribution in [1.29, 1.82) is 0 Å². The lowest BCUT2D eigenvalue weighted by Gasteiger charge is -2.23. The lowest BCUT2D eigenvalue weighted by Crippen LogP contribution is -2.24. The second-order valence-corrected chi connectivity index (χ2v) is 4.24. The van der Waals surface area contributed by atoms with Gasteiger partial charge in [-0.1, -0.05) is 26.2 Å². The van der Waals surface area contributed by atoms with Crippen molar-refractivity contribution in [2.45, 2.75) is 39.5 Å². The van der Waals surface area contributed by atoms with E-state index in [0.29, 0.717) is 5.69 Å². The van der Waals surface area contributed by atoms with Crippen LogP contribution in [-0.4, -0.2) is 13.1 Å². The molecule has 0 saturated heterocycles. The maximum Gasteiger partial charge on any atom is 0.149 e. The Morgan fingerprint density at radius 2 is 1.82 bits per heavy atom. The third-order valence-corrected chi connectivity index (χ3v) is 2.91. The van der Waals surface area contributed by atoms with Gasteiger partial charge in [0.25, 0.3) is 0 Å². The van der Waals surface area contributed by atoms with Gasteiger partial charge in [0.15, 0.2) is 0 Å². The van der Waals surface area contributed by atoms with Crippen molar-refractivity contribution >= 4 is 5.69 Å². The van der Waals surface area contributed by atoms with Crippen molar-refractivity contribution in [3.8, 4) is 0 Å². The van der Waals surface area contributed by atoms with E-state index < -0.39 is 11.6 Å². The van der Waals surface area contributed by atoms with Crippen molar-refractivity contribution < 1.29 is 8.78 Å². The predicted octanol–water partition coefficient (Wildman–Crippen LogP) is 4.37. The molecule has 17 heavy (non-hydrogen) atoms. The van der Waals surface area contributed by atoms with Gasteiger partial charge in [-0.05, 0) is 25.5 Å². The Labute approximate surface area is 102 Å². The summed E-state index contributed by atoms with van der Waals surface area (Å²) in [5.74, 6) is -0.990. The zero-order valence-electron chi connectivity index (χ0n) is 10.7. The highest BCUT2D eigenvalue weighted by atomic mass is 19.1. The van der Waals surface area contributed by atoms with Crippen LogP contribution in [0.5, 0.6) is 0 Å². The largest absolute Gasteiger partial charge is 0.369 e. The van der Waals surface area contributed by atoms with E-state index in [2.05, 4.69) is 6.92 Å². The van der Waals surface area contributed by atoms with Gasteiger partial charge in [0, 0.05) is 19.2 Å². The second-order valence-electron chi connectivity index (χ2n) is 4.24. The molecule has 0 heterocycles. The van der Waals surface area contributed by atoms with Crippen LogP contribution < -0.4 is 4.90 Å². The number of unbranched alkanes of at least 4 members (excludes halogenated alkanes) is 3. The van der Waals surface area contributed by atoms with Crippen LogP contribution in [0.15, 0.2) is 18.2 Å². The van der Waals surface area contributed by atoms with E-state index in [1.165, 1.54) is 25.0 Å². The molecule has 96 valence electrons. The van der Waals surface area contributed by atoms with Crippen LogP contribution in [0.4, 0.5) is 14.5 Å². The Balaban J connectivity index is 2.59. The van der Waals surface area contributed by atoms with Crippen LogP contribution in [0.2, 0.25) is 0 Å². The minimum Gasteiger partial charge on any atom is -0.369 e. The summed E-state index contributed by atoms with van der Waals surface area (Å²) in [4.78, 5) is 1.96. The minimum absolute atomic E-state index is 0.470. The summed E-state index contributed by atoms with van der Waals surface area (Å²) >= 11 is 0. The van der Waals surface area contributed by atoms with Crippen molar-refractivity contribution in [3.05, 3.63) is 29.8 Å². The van der Waals surface area contributed by atoms with Crippen LogP contribution in [0.3, 0.4) is 0 Å². The summed E-state index contributed by atoms with van der Waals surface area (Å²) in [6, 6.07) is 3.78.